The Hall–Kier alpha value is -5.55. The number of hydrogen-bond acceptors (Lipinski definition) is 11. The third-order valence-corrected chi connectivity index (χ3v) is 17.2. The molecule has 0 saturated carbocycles. The number of nitrogens with two attached hydrogens (primary N) is 1. The zero-order valence-electron chi connectivity index (χ0n) is 42.7. The fourth-order valence-corrected chi connectivity index (χ4v) is 12.8. The molecule has 3 aromatic heterocycles. The van der Waals surface area contributed by atoms with E-state index in [1.165, 1.54) is 7.11 Å². The van der Waals surface area contributed by atoms with Gasteiger partial charge in [0.05, 0.1) is 53.1 Å². The normalized spacial score (nSPS) is 28.5. The van der Waals surface area contributed by atoms with Crippen LogP contribution >= 0.6 is 11.3 Å². The molecule has 16 heteroatoms. The van der Waals surface area contributed by atoms with Gasteiger partial charge in [0.15, 0.2) is 0 Å². The number of nitrogens with one attached hydrogen (secondary N) is 2. The van der Waals surface area contributed by atoms with Crippen molar-refractivity contribution in [3.05, 3.63) is 106 Å². The minimum absolute atomic E-state index is 0.000638. The van der Waals surface area contributed by atoms with E-state index in [0.717, 1.165) is 85.9 Å². The van der Waals surface area contributed by atoms with E-state index in [2.05, 4.69) is 89.2 Å². The number of rotatable bonds is 12. The summed E-state index contributed by atoms with van der Waals surface area (Å²) in [4.78, 5) is 46.6. The summed E-state index contributed by atoms with van der Waals surface area (Å²) in [6, 6.07) is 15.3. The lowest BCUT2D eigenvalue weighted by Gasteiger charge is -2.37. The molecule has 5 aliphatic heterocycles. The van der Waals surface area contributed by atoms with Gasteiger partial charge in [0.1, 0.15) is 23.8 Å². The first-order valence-corrected chi connectivity index (χ1v) is 26.6. The van der Waals surface area contributed by atoms with Gasteiger partial charge in [-0.1, -0.05) is 47.6 Å². The van der Waals surface area contributed by atoms with Gasteiger partial charge in [-0.15, -0.1) is 11.3 Å². The molecule has 2 saturated heterocycles. The predicted octanol–water partition coefficient (Wildman–Crippen LogP) is 9.60. The molecule has 72 heavy (non-hydrogen) atoms. The molecule has 10 unspecified atom stereocenters. The summed E-state index contributed by atoms with van der Waals surface area (Å²) < 4.78 is 46.6. The van der Waals surface area contributed by atoms with Crippen LogP contribution in [0.1, 0.15) is 103 Å². The zero-order valence-corrected chi connectivity index (χ0v) is 43.5. The predicted molar refractivity (Wildman–Crippen MR) is 281 cm³/mol. The summed E-state index contributed by atoms with van der Waals surface area (Å²) in [5.74, 6) is 1.09. The molecule has 13 nitrogen and oxygen atoms in total. The molecule has 0 spiro atoms. The fraction of sp³-hybridized carbons (Fsp3) is 0.518. The molecular weight excluding hydrogens is 933 g/mol. The average molecular weight is 1000 g/mol. The maximum Gasteiger partial charge on any atom is 0.407 e. The standard InChI is InChI=1S/C56H69F2N9O4S/c1-30(2)42(63-55(69)70-8)29-65-27-32(5)19-45(65)52-33(6)9-10-36(25-61-52)37-21-40(58)50-44-22-38-20-35(41-26-62-56(7,64-41)49-24-39(57)28-66(49)53(68)51(59)31(3)4)11-12-43(38)67(44)54(71-46(50)23-37)48-14-13-47(72-48)34-15-17-60-18-16-34/h11-18,20,22-23,25,30-33,39-40,42,45,49,51,54,62H,9-10,19,21,24,26-29,59H2,1-8H3,(H,63,69). The highest BCUT2D eigenvalue weighted by molar-refractivity contribution is 7.15. The molecule has 4 N–H and O–H groups in total. The van der Waals surface area contributed by atoms with Gasteiger partial charge in [-0.05, 0) is 121 Å². The van der Waals surface area contributed by atoms with E-state index in [9.17, 15) is 9.59 Å². The van der Waals surface area contributed by atoms with Crippen molar-refractivity contribution in [2.45, 2.75) is 129 Å². The van der Waals surface area contributed by atoms with Gasteiger partial charge in [-0.25, -0.2) is 13.6 Å². The number of ether oxygens (including phenoxy) is 2. The van der Waals surface area contributed by atoms with Crippen LogP contribution < -0.4 is 16.4 Å². The number of carbonyl (C=O) groups is 2. The molecule has 2 fully saturated rings. The Morgan fingerprint density at radius 2 is 1.81 bits per heavy atom. The van der Waals surface area contributed by atoms with Crippen molar-refractivity contribution >= 4 is 51.2 Å². The molecule has 1 aromatic carbocycles. The number of aliphatic imine (C=N–C) groups is 2. The molecule has 0 radical (unpaired) electrons. The van der Waals surface area contributed by atoms with Crippen molar-refractivity contribution < 1.29 is 27.8 Å². The van der Waals surface area contributed by atoms with Crippen LogP contribution in [0.25, 0.3) is 26.9 Å². The van der Waals surface area contributed by atoms with Crippen LogP contribution in [0.2, 0.25) is 0 Å². The second kappa shape index (κ2) is 20.0. The molecule has 0 bridgehead atoms. The first-order chi connectivity index (χ1) is 34.5. The molecule has 6 aliphatic rings. The van der Waals surface area contributed by atoms with Crippen LogP contribution in [0.3, 0.4) is 0 Å². The van der Waals surface area contributed by atoms with Gasteiger partial charge in [-0.3, -0.25) is 34.5 Å². The number of benzene rings is 1. The van der Waals surface area contributed by atoms with E-state index >= 15 is 8.78 Å². The maximum absolute atomic E-state index is 17.4. The van der Waals surface area contributed by atoms with Gasteiger partial charge >= 0.3 is 6.09 Å². The molecule has 10 rings (SSSR count). The molecule has 4 aromatic rings. The first-order valence-electron chi connectivity index (χ1n) is 25.8. The number of allylic oxidation sites excluding steroid dienone is 4. The summed E-state index contributed by atoms with van der Waals surface area (Å²) in [5.41, 5.74) is 13.4. The third kappa shape index (κ3) is 9.48. The van der Waals surface area contributed by atoms with E-state index in [4.69, 9.17) is 25.2 Å². The van der Waals surface area contributed by atoms with E-state index in [-0.39, 0.29) is 55.1 Å². The smallest absolute Gasteiger partial charge is 0.407 e. The Kier molecular flexibility index (Phi) is 13.9. The zero-order chi connectivity index (χ0) is 50.7. The first kappa shape index (κ1) is 50.0. The highest BCUT2D eigenvalue weighted by Gasteiger charge is 2.50. The van der Waals surface area contributed by atoms with E-state index in [1.54, 1.807) is 28.6 Å². The number of thiophene rings is 1. The minimum atomic E-state index is -1.34. The summed E-state index contributed by atoms with van der Waals surface area (Å²) >= 11 is 1.64. The molecule has 382 valence electrons. The topological polar surface area (TPSA) is 152 Å². The Morgan fingerprint density at radius 1 is 1.01 bits per heavy atom. The van der Waals surface area contributed by atoms with E-state index < -0.39 is 42.4 Å². The number of aromatic nitrogens is 2. The number of hydrogen-bond donors (Lipinski definition) is 3. The number of pyridine rings is 1. The monoisotopic (exact) mass is 1000 g/mol. The van der Waals surface area contributed by atoms with Crippen LogP contribution in [0.4, 0.5) is 13.6 Å². The second-order valence-corrected chi connectivity index (χ2v) is 22.9. The van der Waals surface area contributed by atoms with Crippen LogP contribution in [0.15, 0.2) is 100 Å². The van der Waals surface area contributed by atoms with Crippen molar-refractivity contribution in [2.24, 2.45) is 39.4 Å². The number of nitrogens with zero attached hydrogens (tertiary/aromatic N) is 6. The number of alkyl halides is 2. The Balaban J connectivity index is 0.993. The van der Waals surface area contributed by atoms with Crippen LogP contribution in [-0.4, -0.2) is 118 Å². The van der Waals surface area contributed by atoms with Gasteiger partial charge in [0, 0.05) is 79.1 Å². The number of halogens is 2. The molecule has 2 amide bonds. The fourth-order valence-electron chi connectivity index (χ4n) is 11.8. The lowest BCUT2D eigenvalue weighted by Crippen LogP contribution is -2.58. The number of likely N-dealkylation sites (tertiary alicyclic amines) is 2. The van der Waals surface area contributed by atoms with Crippen LogP contribution in [-0.2, 0) is 14.3 Å². The van der Waals surface area contributed by atoms with Gasteiger partial charge in [-0.2, -0.15) is 0 Å². The Bertz CT molecular complexity index is 2890. The van der Waals surface area contributed by atoms with Crippen LogP contribution in [0, 0.1) is 23.7 Å². The summed E-state index contributed by atoms with van der Waals surface area (Å²) in [7, 11) is 1.40. The quantitative estimate of drug-likeness (QED) is 0.127. The van der Waals surface area contributed by atoms with E-state index in [0.29, 0.717) is 30.3 Å². The lowest BCUT2D eigenvalue weighted by atomic mass is 9.85. The SMILES string of the molecule is COC(=O)NC(CN1CC(C)CC1C1=NC=C(C2=CC3=C(c4cc5cc(C6=NC(C)(C7CC(F)CN7C(=O)C(N)C(C)C)NC6)ccc5n4C(c4ccc(-c5ccncc5)s4)O3)C(F)C2)CCC1C)C(C)C. The molecule has 1 aliphatic carbocycles. The number of fused-ring (bicyclic) bond motifs is 4. The Morgan fingerprint density at radius 3 is 2.56 bits per heavy atom. The molecule has 8 heterocycles. The van der Waals surface area contributed by atoms with Crippen molar-refractivity contribution in [3.8, 4) is 10.4 Å². The van der Waals surface area contributed by atoms with Gasteiger partial charge in [0.25, 0.3) is 0 Å². The largest absolute Gasteiger partial charge is 0.465 e. The van der Waals surface area contributed by atoms with Crippen molar-refractivity contribution in [3.63, 3.8) is 0 Å². The number of carbonyl (C=O) groups excluding carboxylic acids is 2. The highest BCUT2D eigenvalue weighted by Crippen LogP contribution is 2.49. The number of alkyl carbamates (subject to hydrolysis) is 1. The van der Waals surface area contributed by atoms with Crippen molar-refractivity contribution in [2.75, 3.05) is 33.3 Å². The second-order valence-electron chi connectivity index (χ2n) is 21.8. The minimum Gasteiger partial charge on any atom is -0.465 e. The number of amides is 2. The van der Waals surface area contributed by atoms with Gasteiger partial charge in [0.2, 0.25) is 12.1 Å². The molecular formula is C56H69F2N9O4S. The Labute approximate surface area is 425 Å². The maximum atomic E-state index is 17.4. The summed E-state index contributed by atoms with van der Waals surface area (Å²) in [6.45, 7) is 16.5. The average Bonchev–Trinajstić information content (AvgIpc) is 4.21. The molecule has 10 atom stereocenters. The highest BCUT2D eigenvalue weighted by atomic mass is 32.1. The summed E-state index contributed by atoms with van der Waals surface area (Å²) in [5, 5.41) is 7.50. The van der Waals surface area contributed by atoms with Gasteiger partial charge < -0.3 is 25.4 Å². The lowest BCUT2D eigenvalue weighted by molar-refractivity contribution is -0.135. The third-order valence-electron chi connectivity index (χ3n) is 16.0. The summed E-state index contributed by atoms with van der Waals surface area (Å²) in [6.07, 6.45) is 7.11. The van der Waals surface area contributed by atoms with E-state index in [1.807, 2.05) is 45.2 Å². The van der Waals surface area contributed by atoms with Crippen LogP contribution in [0.5, 0.6) is 0 Å². The van der Waals surface area contributed by atoms with Crippen molar-refractivity contribution in [1.29, 1.82) is 0 Å². The van der Waals surface area contributed by atoms with Crippen molar-refractivity contribution in [1.82, 2.24) is 30.0 Å². The number of methoxy groups -OCH3 is 1.